The zero-order chi connectivity index (χ0) is 13.9. The number of rotatable bonds is 4. The first kappa shape index (κ1) is 14.4. The second-order valence-corrected chi connectivity index (χ2v) is 6.49. The normalized spacial score (nSPS) is 24.1. The molecule has 3 heteroatoms. The summed E-state index contributed by atoms with van der Waals surface area (Å²) in [4.78, 5) is 4.21. The van der Waals surface area contributed by atoms with Gasteiger partial charge >= 0.3 is 0 Å². The predicted molar refractivity (Wildman–Crippen MR) is 76.4 cm³/mol. The number of hydrogen-bond acceptors (Lipinski definition) is 2. The van der Waals surface area contributed by atoms with Crippen molar-refractivity contribution in [2.24, 2.45) is 5.41 Å². The molecular formula is C16H25FN2. The molecule has 2 atom stereocenters. The van der Waals surface area contributed by atoms with E-state index in [4.69, 9.17) is 0 Å². The van der Waals surface area contributed by atoms with Gasteiger partial charge < -0.3 is 5.32 Å². The van der Waals surface area contributed by atoms with Crippen LogP contribution in [0, 0.1) is 11.2 Å². The number of nitrogens with one attached hydrogen (secondary N) is 1. The molecule has 0 amide bonds. The summed E-state index contributed by atoms with van der Waals surface area (Å²) in [5.41, 5.74) is 1.39. The van der Waals surface area contributed by atoms with Crippen LogP contribution >= 0.6 is 0 Å². The van der Waals surface area contributed by atoms with Crippen LogP contribution in [-0.4, -0.2) is 11.0 Å². The van der Waals surface area contributed by atoms with Crippen LogP contribution in [0.2, 0.25) is 0 Å². The van der Waals surface area contributed by atoms with Gasteiger partial charge in [-0.3, -0.25) is 4.98 Å². The van der Waals surface area contributed by atoms with E-state index in [1.165, 1.54) is 37.9 Å². The molecule has 0 aromatic carbocycles. The largest absolute Gasteiger partial charge is 0.306 e. The molecule has 2 rings (SSSR count). The highest BCUT2D eigenvalue weighted by molar-refractivity contribution is 5.10. The number of halogens is 1. The number of hydrogen-bond donors (Lipinski definition) is 1. The van der Waals surface area contributed by atoms with Crippen LogP contribution in [-0.2, 0) is 0 Å². The zero-order valence-electron chi connectivity index (χ0n) is 12.2. The fourth-order valence-electron chi connectivity index (χ4n) is 3.13. The minimum Gasteiger partial charge on any atom is -0.306 e. The van der Waals surface area contributed by atoms with Gasteiger partial charge in [-0.05, 0) is 43.2 Å². The molecule has 0 bridgehead atoms. The van der Waals surface area contributed by atoms with E-state index in [0.717, 1.165) is 12.1 Å². The molecule has 0 spiro atoms. The monoisotopic (exact) mass is 264 g/mol. The summed E-state index contributed by atoms with van der Waals surface area (Å²) in [7, 11) is 0. The van der Waals surface area contributed by atoms with Crippen LogP contribution in [0.1, 0.15) is 64.6 Å². The van der Waals surface area contributed by atoms with Gasteiger partial charge in [0, 0.05) is 12.1 Å². The average Bonchev–Trinajstić information content (AvgIpc) is 2.36. The van der Waals surface area contributed by atoms with Gasteiger partial charge in [-0.25, -0.2) is 4.39 Å². The highest BCUT2D eigenvalue weighted by Crippen LogP contribution is 2.36. The fraction of sp³-hybridized carbons (Fsp3) is 0.688. The molecule has 1 aromatic rings. The van der Waals surface area contributed by atoms with Gasteiger partial charge in [0.05, 0.1) is 11.9 Å². The first-order chi connectivity index (χ1) is 9.00. The van der Waals surface area contributed by atoms with Crippen molar-refractivity contribution in [3.63, 3.8) is 0 Å². The average molecular weight is 264 g/mol. The summed E-state index contributed by atoms with van der Waals surface area (Å²) in [5, 5.41) is 3.71. The van der Waals surface area contributed by atoms with E-state index >= 15 is 0 Å². The molecule has 19 heavy (non-hydrogen) atoms. The van der Waals surface area contributed by atoms with E-state index in [2.05, 4.69) is 31.1 Å². The second-order valence-electron chi connectivity index (χ2n) is 6.49. The molecule has 1 saturated carbocycles. The summed E-state index contributed by atoms with van der Waals surface area (Å²) in [6.45, 7) is 6.84. The number of nitrogens with zero attached hydrogens (tertiary/aromatic N) is 1. The summed E-state index contributed by atoms with van der Waals surface area (Å²) in [6, 6.07) is 4.09. The molecule has 2 nitrogen and oxygen atoms in total. The van der Waals surface area contributed by atoms with Crippen LogP contribution in [0.4, 0.5) is 4.39 Å². The summed E-state index contributed by atoms with van der Waals surface area (Å²) in [5.74, 6) is -0.266. The van der Waals surface area contributed by atoms with Crippen LogP contribution in [0.3, 0.4) is 0 Å². The first-order valence-corrected chi connectivity index (χ1v) is 7.38. The number of aromatic nitrogens is 1. The molecule has 106 valence electrons. The SMILES string of the molecule is CCC(NC1CCCC(C)(C)C1)c1ccc(F)cn1. The van der Waals surface area contributed by atoms with Crippen LogP contribution in [0.15, 0.2) is 18.3 Å². The van der Waals surface area contributed by atoms with Gasteiger partial charge in [0.15, 0.2) is 0 Å². The molecule has 0 saturated heterocycles. The third-order valence-electron chi connectivity index (χ3n) is 4.16. The lowest BCUT2D eigenvalue weighted by Crippen LogP contribution is -2.39. The second kappa shape index (κ2) is 6.00. The summed E-state index contributed by atoms with van der Waals surface area (Å²) >= 11 is 0. The lowest BCUT2D eigenvalue weighted by atomic mass is 9.75. The van der Waals surface area contributed by atoms with Gasteiger partial charge in [0.1, 0.15) is 5.82 Å². The maximum atomic E-state index is 12.9. The lowest BCUT2D eigenvalue weighted by molar-refractivity contribution is 0.187. The van der Waals surface area contributed by atoms with Gasteiger partial charge in [-0.15, -0.1) is 0 Å². The fourth-order valence-corrected chi connectivity index (χ4v) is 3.13. The smallest absolute Gasteiger partial charge is 0.141 e. The first-order valence-electron chi connectivity index (χ1n) is 7.38. The van der Waals surface area contributed by atoms with Crippen LogP contribution in [0.25, 0.3) is 0 Å². The standard InChI is InChI=1S/C16H25FN2/c1-4-14(15-8-7-12(17)11-18-15)19-13-6-5-9-16(2,3)10-13/h7-8,11,13-14,19H,4-6,9-10H2,1-3H3. The van der Waals surface area contributed by atoms with Crippen molar-refractivity contribution in [3.05, 3.63) is 29.8 Å². The molecule has 1 aliphatic rings. The van der Waals surface area contributed by atoms with Crippen molar-refractivity contribution in [2.45, 2.75) is 65.0 Å². The maximum absolute atomic E-state index is 12.9. The maximum Gasteiger partial charge on any atom is 0.141 e. The van der Waals surface area contributed by atoms with E-state index in [-0.39, 0.29) is 11.9 Å². The van der Waals surface area contributed by atoms with E-state index in [1.807, 2.05) is 0 Å². The van der Waals surface area contributed by atoms with Crippen molar-refractivity contribution < 1.29 is 4.39 Å². The Hall–Kier alpha value is -0.960. The Morgan fingerprint density at radius 2 is 2.26 bits per heavy atom. The van der Waals surface area contributed by atoms with Crippen molar-refractivity contribution in [1.29, 1.82) is 0 Å². The third kappa shape index (κ3) is 4.00. The van der Waals surface area contributed by atoms with E-state index in [1.54, 1.807) is 6.07 Å². The van der Waals surface area contributed by atoms with Crippen LogP contribution < -0.4 is 5.32 Å². The molecular weight excluding hydrogens is 239 g/mol. The van der Waals surface area contributed by atoms with E-state index in [9.17, 15) is 4.39 Å². The van der Waals surface area contributed by atoms with Gasteiger partial charge in [-0.1, -0.05) is 27.2 Å². The van der Waals surface area contributed by atoms with Gasteiger partial charge in [0.25, 0.3) is 0 Å². The van der Waals surface area contributed by atoms with Crippen molar-refractivity contribution in [1.82, 2.24) is 10.3 Å². The molecule has 0 aliphatic heterocycles. The third-order valence-corrected chi connectivity index (χ3v) is 4.16. The van der Waals surface area contributed by atoms with Crippen molar-refractivity contribution in [3.8, 4) is 0 Å². The Balaban J connectivity index is 2.01. The lowest BCUT2D eigenvalue weighted by Gasteiger charge is -2.37. The van der Waals surface area contributed by atoms with Crippen molar-refractivity contribution in [2.75, 3.05) is 0 Å². The van der Waals surface area contributed by atoms with E-state index in [0.29, 0.717) is 11.5 Å². The van der Waals surface area contributed by atoms with Crippen molar-refractivity contribution >= 4 is 0 Å². The van der Waals surface area contributed by atoms with E-state index < -0.39 is 0 Å². The minimum atomic E-state index is -0.266. The molecule has 1 aliphatic carbocycles. The summed E-state index contributed by atoms with van der Waals surface area (Å²) < 4.78 is 12.9. The van der Waals surface area contributed by atoms with Gasteiger partial charge in [0.2, 0.25) is 0 Å². The molecule has 1 aromatic heterocycles. The Kier molecular flexibility index (Phi) is 4.56. The van der Waals surface area contributed by atoms with Crippen LogP contribution in [0.5, 0.6) is 0 Å². The highest BCUT2D eigenvalue weighted by atomic mass is 19.1. The molecule has 1 fully saturated rings. The Morgan fingerprint density at radius 3 is 2.84 bits per heavy atom. The molecule has 2 unspecified atom stereocenters. The summed E-state index contributed by atoms with van der Waals surface area (Å²) in [6.07, 6.45) is 7.35. The predicted octanol–water partition coefficient (Wildman–Crippen LogP) is 4.23. The molecule has 1 N–H and O–H groups in total. The minimum absolute atomic E-state index is 0.236. The highest BCUT2D eigenvalue weighted by Gasteiger charge is 2.29. The molecule has 0 radical (unpaired) electrons. The molecule has 1 heterocycles. The Labute approximate surface area is 115 Å². The van der Waals surface area contributed by atoms with Gasteiger partial charge in [-0.2, -0.15) is 0 Å². The Morgan fingerprint density at radius 1 is 1.47 bits per heavy atom. The Bertz CT molecular complexity index is 400. The zero-order valence-corrected chi connectivity index (χ0v) is 12.2. The number of pyridine rings is 1. The quantitative estimate of drug-likeness (QED) is 0.880. The topological polar surface area (TPSA) is 24.9 Å².